The van der Waals surface area contributed by atoms with E-state index < -0.39 is 0 Å². The molecule has 0 aliphatic carbocycles. The van der Waals surface area contributed by atoms with Gasteiger partial charge in [0.05, 0.1) is 11.7 Å². The second-order valence-electron chi connectivity index (χ2n) is 6.54. The molecule has 2 aliphatic heterocycles. The molecule has 1 unspecified atom stereocenters. The molecule has 1 aromatic carbocycles. The molecule has 0 amide bonds. The van der Waals surface area contributed by atoms with Crippen molar-refractivity contribution in [1.29, 1.82) is 0 Å². The Kier molecular flexibility index (Phi) is 4.98. The van der Waals surface area contributed by atoms with Crippen LogP contribution in [-0.4, -0.2) is 61.3 Å². The molecule has 1 aromatic rings. The number of benzene rings is 1. The average Bonchev–Trinajstić information content (AvgIpc) is 2.91. The van der Waals surface area contributed by atoms with E-state index in [1.807, 2.05) is 18.2 Å². The van der Waals surface area contributed by atoms with E-state index in [-0.39, 0.29) is 5.66 Å². The number of piperazine rings is 1. The fraction of sp³-hybridized carbons (Fsp3) is 0.625. The fourth-order valence-corrected chi connectivity index (χ4v) is 3.97. The molecule has 2 heterocycles. The van der Waals surface area contributed by atoms with Crippen LogP contribution < -0.4 is 10.6 Å². The zero-order chi connectivity index (χ0) is 15.7. The minimum absolute atomic E-state index is 0.0480. The van der Waals surface area contributed by atoms with Gasteiger partial charge < -0.3 is 4.90 Å². The van der Waals surface area contributed by atoms with Crippen molar-refractivity contribution >= 4 is 23.2 Å². The molecule has 122 valence electrons. The standard InChI is InChI=1S/C16H24Cl2N4/c1-16(19-5-6-20-16)15-11-21(2)7-8-22(15)10-12-3-4-13(17)9-14(12)18/h3-4,9,15,19-20H,5-8,10-11H2,1-2H3. The third-order valence-electron chi connectivity index (χ3n) is 4.86. The zero-order valence-electron chi connectivity index (χ0n) is 13.2. The molecule has 3 rings (SSSR count). The highest BCUT2D eigenvalue weighted by Gasteiger charge is 2.42. The summed E-state index contributed by atoms with van der Waals surface area (Å²) >= 11 is 12.4. The predicted octanol–water partition coefficient (Wildman–Crippen LogP) is 2.02. The molecule has 0 aromatic heterocycles. The Morgan fingerprint density at radius 3 is 2.64 bits per heavy atom. The Balaban J connectivity index is 1.80. The van der Waals surface area contributed by atoms with Gasteiger partial charge in [-0.05, 0) is 31.7 Å². The van der Waals surface area contributed by atoms with E-state index in [0.29, 0.717) is 11.1 Å². The maximum Gasteiger partial charge on any atom is 0.0831 e. The number of halogens is 2. The van der Waals surface area contributed by atoms with Gasteiger partial charge in [0.25, 0.3) is 0 Å². The summed E-state index contributed by atoms with van der Waals surface area (Å²) < 4.78 is 0. The first-order valence-electron chi connectivity index (χ1n) is 7.84. The molecule has 4 nitrogen and oxygen atoms in total. The van der Waals surface area contributed by atoms with Crippen molar-refractivity contribution in [3.8, 4) is 0 Å². The van der Waals surface area contributed by atoms with Gasteiger partial charge in [0, 0.05) is 49.3 Å². The van der Waals surface area contributed by atoms with Crippen LogP contribution in [0.15, 0.2) is 18.2 Å². The monoisotopic (exact) mass is 342 g/mol. The van der Waals surface area contributed by atoms with Crippen molar-refractivity contribution in [2.75, 3.05) is 39.8 Å². The summed E-state index contributed by atoms with van der Waals surface area (Å²) in [7, 11) is 2.19. The molecule has 6 heteroatoms. The van der Waals surface area contributed by atoms with Crippen LogP contribution in [0.25, 0.3) is 0 Å². The molecule has 22 heavy (non-hydrogen) atoms. The number of nitrogens with one attached hydrogen (secondary N) is 2. The van der Waals surface area contributed by atoms with Gasteiger partial charge in [-0.2, -0.15) is 0 Å². The summed E-state index contributed by atoms with van der Waals surface area (Å²) in [5, 5.41) is 8.70. The zero-order valence-corrected chi connectivity index (χ0v) is 14.7. The molecule has 2 saturated heterocycles. The Hall–Kier alpha value is -0.360. The maximum absolute atomic E-state index is 6.37. The van der Waals surface area contributed by atoms with Gasteiger partial charge in [0.2, 0.25) is 0 Å². The molecule has 2 aliphatic rings. The molecule has 0 bridgehead atoms. The van der Waals surface area contributed by atoms with Crippen molar-refractivity contribution in [2.45, 2.75) is 25.2 Å². The third-order valence-corrected chi connectivity index (χ3v) is 5.45. The van der Waals surface area contributed by atoms with E-state index in [0.717, 1.165) is 49.9 Å². The second kappa shape index (κ2) is 6.63. The van der Waals surface area contributed by atoms with Crippen molar-refractivity contribution < 1.29 is 0 Å². The second-order valence-corrected chi connectivity index (χ2v) is 7.38. The van der Waals surface area contributed by atoms with Crippen LogP contribution in [0.3, 0.4) is 0 Å². The van der Waals surface area contributed by atoms with E-state index in [4.69, 9.17) is 23.2 Å². The Labute approximate surface area is 142 Å². The van der Waals surface area contributed by atoms with Gasteiger partial charge in [-0.3, -0.25) is 15.5 Å². The summed E-state index contributed by atoms with van der Waals surface area (Å²) in [5.74, 6) is 0. The molecule has 0 saturated carbocycles. The first kappa shape index (κ1) is 16.5. The number of rotatable bonds is 3. The normalized spacial score (nSPS) is 26.5. The topological polar surface area (TPSA) is 30.5 Å². The van der Waals surface area contributed by atoms with E-state index in [1.54, 1.807) is 0 Å². The maximum atomic E-state index is 6.37. The molecule has 0 radical (unpaired) electrons. The van der Waals surface area contributed by atoms with Crippen LogP contribution in [0.1, 0.15) is 12.5 Å². The first-order chi connectivity index (χ1) is 10.5. The Morgan fingerprint density at radius 2 is 1.95 bits per heavy atom. The number of nitrogens with zero attached hydrogens (tertiary/aromatic N) is 2. The van der Waals surface area contributed by atoms with E-state index in [2.05, 4.69) is 34.4 Å². The Bertz CT molecular complexity index is 531. The van der Waals surface area contributed by atoms with Crippen LogP contribution in [0, 0.1) is 0 Å². The molecule has 1 atom stereocenters. The van der Waals surface area contributed by atoms with Gasteiger partial charge in [-0.15, -0.1) is 0 Å². The highest BCUT2D eigenvalue weighted by atomic mass is 35.5. The van der Waals surface area contributed by atoms with Gasteiger partial charge in [0.15, 0.2) is 0 Å². The van der Waals surface area contributed by atoms with Crippen LogP contribution in [0.5, 0.6) is 0 Å². The average molecular weight is 343 g/mol. The lowest BCUT2D eigenvalue weighted by Gasteiger charge is -2.47. The van der Waals surface area contributed by atoms with Crippen molar-refractivity contribution in [2.24, 2.45) is 0 Å². The smallest absolute Gasteiger partial charge is 0.0831 e. The molecular weight excluding hydrogens is 319 g/mol. The van der Waals surface area contributed by atoms with E-state index in [1.165, 1.54) is 0 Å². The van der Waals surface area contributed by atoms with Crippen molar-refractivity contribution in [3.63, 3.8) is 0 Å². The number of hydrogen-bond acceptors (Lipinski definition) is 4. The first-order valence-corrected chi connectivity index (χ1v) is 8.60. The number of likely N-dealkylation sites (N-methyl/N-ethyl adjacent to an activating group) is 1. The van der Waals surface area contributed by atoms with Crippen LogP contribution in [0.2, 0.25) is 10.0 Å². The van der Waals surface area contributed by atoms with Gasteiger partial charge in [0.1, 0.15) is 0 Å². The summed E-state index contributed by atoms with van der Waals surface area (Å²) in [6.45, 7) is 8.32. The SMILES string of the molecule is CN1CCN(Cc2ccc(Cl)cc2Cl)C(C2(C)NCCN2)C1. The summed E-state index contributed by atoms with van der Waals surface area (Å²) in [6, 6.07) is 6.19. The van der Waals surface area contributed by atoms with Crippen LogP contribution in [0.4, 0.5) is 0 Å². The highest BCUT2D eigenvalue weighted by Crippen LogP contribution is 2.26. The van der Waals surface area contributed by atoms with Gasteiger partial charge >= 0.3 is 0 Å². The van der Waals surface area contributed by atoms with E-state index in [9.17, 15) is 0 Å². The third kappa shape index (κ3) is 3.42. The predicted molar refractivity (Wildman–Crippen MR) is 92.6 cm³/mol. The summed E-state index contributed by atoms with van der Waals surface area (Å²) in [5.41, 5.74) is 1.09. The Morgan fingerprint density at radius 1 is 1.23 bits per heavy atom. The molecular formula is C16H24Cl2N4. The minimum Gasteiger partial charge on any atom is -0.303 e. The molecule has 2 fully saturated rings. The number of hydrogen-bond donors (Lipinski definition) is 2. The summed E-state index contributed by atoms with van der Waals surface area (Å²) in [6.07, 6.45) is 0. The van der Waals surface area contributed by atoms with Gasteiger partial charge in [-0.25, -0.2) is 0 Å². The quantitative estimate of drug-likeness (QED) is 0.879. The highest BCUT2D eigenvalue weighted by molar-refractivity contribution is 6.35. The van der Waals surface area contributed by atoms with Crippen LogP contribution >= 0.6 is 23.2 Å². The summed E-state index contributed by atoms with van der Waals surface area (Å²) in [4.78, 5) is 4.93. The fourth-order valence-electron chi connectivity index (χ4n) is 3.51. The largest absolute Gasteiger partial charge is 0.303 e. The van der Waals surface area contributed by atoms with Gasteiger partial charge in [-0.1, -0.05) is 29.3 Å². The molecule has 0 spiro atoms. The van der Waals surface area contributed by atoms with E-state index >= 15 is 0 Å². The minimum atomic E-state index is -0.0480. The van der Waals surface area contributed by atoms with Crippen LogP contribution in [-0.2, 0) is 6.54 Å². The van der Waals surface area contributed by atoms with Crippen molar-refractivity contribution in [3.05, 3.63) is 33.8 Å². The van der Waals surface area contributed by atoms with Crippen molar-refractivity contribution in [1.82, 2.24) is 20.4 Å². The lowest BCUT2D eigenvalue weighted by molar-refractivity contribution is 0.0255. The lowest BCUT2D eigenvalue weighted by Crippen LogP contribution is -2.68. The lowest BCUT2D eigenvalue weighted by atomic mass is 9.97. The molecule has 2 N–H and O–H groups in total.